The van der Waals surface area contributed by atoms with Crippen LogP contribution in [0, 0.1) is 0 Å². The third-order valence-corrected chi connectivity index (χ3v) is 3.99. The average Bonchev–Trinajstić information content (AvgIpc) is 2.66. The molecule has 2 aromatic rings. The van der Waals surface area contributed by atoms with Crippen LogP contribution in [0.2, 0.25) is 5.02 Å². The van der Waals surface area contributed by atoms with Gasteiger partial charge in [-0.25, -0.2) is 4.98 Å². The molecular weight excluding hydrogens is 467 g/mol. The Kier molecular flexibility index (Phi) is 10.1. The van der Waals surface area contributed by atoms with Crippen molar-refractivity contribution in [3.05, 3.63) is 52.7 Å². The van der Waals surface area contributed by atoms with Crippen molar-refractivity contribution in [3.8, 4) is 11.6 Å². The Morgan fingerprint density at radius 3 is 2.54 bits per heavy atom. The lowest BCUT2D eigenvalue weighted by molar-refractivity contribution is 0.397. The van der Waals surface area contributed by atoms with E-state index in [4.69, 9.17) is 21.1 Å². The lowest BCUT2D eigenvalue weighted by Gasteiger charge is -2.13. The molecule has 0 unspecified atom stereocenters. The number of hydrogen-bond donors (Lipinski definition) is 2. The topological polar surface area (TPSA) is 67.8 Å². The molecule has 2 rings (SSSR count). The molecule has 1 aromatic carbocycles. The average molecular weight is 491 g/mol. The Labute approximate surface area is 176 Å². The number of halogens is 2. The number of nitrogens with zero attached hydrogens (tertiary/aromatic N) is 2. The summed E-state index contributed by atoms with van der Waals surface area (Å²) in [6.07, 6.45) is 2.56. The van der Waals surface area contributed by atoms with Gasteiger partial charge in [0.25, 0.3) is 0 Å². The lowest BCUT2D eigenvalue weighted by atomic mass is 10.1. The standard InChI is InChI=1S/C18H23ClN4O2.HI/c1-20-18(23-12-13-4-7-17(25-3)22-11-13)21-9-8-14-5-6-15(24-2)10-16(14)19;/h4-7,10-11H,8-9,12H2,1-3H3,(H2,20,21,23);1H. The number of pyridine rings is 1. The number of rotatable bonds is 7. The molecular formula is C18H24ClIN4O2. The van der Waals surface area contributed by atoms with E-state index in [2.05, 4.69) is 20.6 Å². The summed E-state index contributed by atoms with van der Waals surface area (Å²) < 4.78 is 10.2. The highest BCUT2D eigenvalue weighted by molar-refractivity contribution is 14.0. The van der Waals surface area contributed by atoms with Crippen LogP contribution < -0.4 is 20.1 Å². The van der Waals surface area contributed by atoms with Gasteiger partial charge in [-0.05, 0) is 29.7 Å². The summed E-state index contributed by atoms with van der Waals surface area (Å²) in [5.74, 6) is 2.08. The van der Waals surface area contributed by atoms with Gasteiger partial charge in [-0.15, -0.1) is 24.0 Å². The van der Waals surface area contributed by atoms with Gasteiger partial charge >= 0.3 is 0 Å². The monoisotopic (exact) mass is 490 g/mol. The maximum atomic E-state index is 6.25. The third-order valence-electron chi connectivity index (χ3n) is 3.64. The van der Waals surface area contributed by atoms with Gasteiger partial charge in [0.15, 0.2) is 5.96 Å². The number of nitrogens with one attached hydrogen (secondary N) is 2. The summed E-state index contributed by atoms with van der Waals surface area (Å²) in [4.78, 5) is 8.39. The number of aliphatic imine (C=N–C) groups is 1. The first-order valence-electron chi connectivity index (χ1n) is 7.92. The molecule has 0 saturated heterocycles. The summed E-state index contributed by atoms with van der Waals surface area (Å²) in [7, 11) is 4.96. The molecule has 142 valence electrons. The number of aromatic nitrogens is 1. The molecule has 0 fully saturated rings. The van der Waals surface area contributed by atoms with Crippen LogP contribution in [-0.2, 0) is 13.0 Å². The fraction of sp³-hybridized carbons (Fsp3) is 0.333. The van der Waals surface area contributed by atoms with E-state index in [0.717, 1.165) is 29.3 Å². The van der Waals surface area contributed by atoms with Crippen molar-refractivity contribution in [2.45, 2.75) is 13.0 Å². The van der Waals surface area contributed by atoms with E-state index < -0.39 is 0 Å². The minimum Gasteiger partial charge on any atom is -0.497 e. The SMILES string of the molecule is CN=C(NCCc1ccc(OC)cc1Cl)NCc1ccc(OC)nc1.I. The van der Waals surface area contributed by atoms with Gasteiger partial charge < -0.3 is 20.1 Å². The van der Waals surface area contributed by atoms with Crippen LogP contribution in [0.15, 0.2) is 41.5 Å². The minimum absolute atomic E-state index is 0. The summed E-state index contributed by atoms with van der Waals surface area (Å²) in [6, 6.07) is 9.50. The molecule has 2 N–H and O–H groups in total. The van der Waals surface area contributed by atoms with Crippen molar-refractivity contribution in [2.75, 3.05) is 27.8 Å². The smallest absolute Gasteiger partial charge is 0.212 e. The molecule has 0 aliphatic carbocycles. The van der Waals surface area contributed by atoms with Crippen LogP contribution in [0.5, 0.6) is 11.6 Å². The fourth-order valence-electron chi connectivity index (χ4n) is 2.22. The fourth-order valence-corrected chi connectivity index (χ4v) is 2.48. The number of ether oxygens (including phenoxy) is 2. The summed E-state index contributed by atoms with van der Waals surface area (Å²) in [5, 5.41) is 7.22. The van der Waals surface area contributed by atoms with Crippen LogP contribution in [-0.4, -0.2) is 38.8 Å². The van der Waals surface area contributed by atoms with Crippen LogP contribution in [0.1, 0.15) is 11.1 Å². The third kappa shape index (κ3) is 6.87. The minimum atomic E-state index is 0. The summed E-state index contributed by atoms with van der Waals surface area (Å²) in [6.45, 7) is 1.34. The van der Waals surface area contributed by atoms with Gasteiger partial charge in [-0.1, -0.05) is 23.7 Å². The lowest BCUT2D eigenvalue weighted by Crippen LogP contribution is -2.37. The first kappa shape index (κ1) is 22.3. The van der Waals surface area contributed by atoms with Gasteiger partial charge in [0.05, 0.1) is 14.2 Å². The maximum Gasteiger partial charge on any atom is 0.212 e. The Morgan fingerprint density at radius 2 is 1.96 bits per heavy atom. The Balaban J connectivity index is 0.00000338. The molecule has 6 nitrogen and oxygen atoms in total. The van der Waals surface area contributed by atoms with Crippen LogP contribution in [0.3, 0.4) is 0 Å². The van der Waals surface area contributed by atoms with Gasteiger partial charge in [-0.3, -0.25) is 4.99 Å². The van der Waals surface area contributed by atoms with Crippen LogP contribution >= 0.6 is 35.6 Å². The van der Waals surface area contributed by atoms with Crippen molar-refractivity contribution in [3.63, 3.8) is 0 Å². The predicted molar refractivity (Wildman–Crippen MR) is 116 cm³/mol. The largest absolute Gasteiger partial charge is 0.497 e. The molecule has 0 aliphatic rings. The quantitative estimate of drug-likeness (QED) is 0.354. The van der Waals surface area contributed by atoms with Gasteiger partial charge in [0.2, 0.25) is 5.88 Å². The molecule has 8 heteroatoms. The number of guanidine groups is 1. The van der Waals surface area contributed by atoms with Crippen molar-refractivity contribution < 1.29 is 9.47 Å². The number of benzene rings is 1. The second kappa shape index (κ2) is 11.8. The Bertz CT molecular complexity index is 711. The highest BCUT2D eigenvalue weighted by Crippen LogP contribution is 2.22. The van der Waals surface area contributed by atoms with E-state index in [-0.39, 0.29) is 24.0 Å². The molecule has 1 aromatic heterocycles. The maximum absolute atomic E-state index is 6.25. The number of hydrogen-bond acceptors (Lipinski definition) is 4. The highest BCUT2D eigenvalue weighted by Gasteiger charge is 2.04. The summed E-state index contributed by atoms with van der Waals surface area (Å²) >= 11 is 6.25. The Morgan fingerprint density at radius 1 is 1.15 bits per heavy atom. The van der Waals surface area contributed by atoms with Gasteiger partial charge in [-0.2, -0.15) is 0 Å². The molecule has 0 amide bonds. The molecule has 26 heavy (non-hydrogen) atoms. The normalized spacial score (nSPS) is 10.7. The molecule has 1 heterocycles. The molecule has 0 spiro atoms. The first-order valence-corrected chi connectivity index (χ1v) is 8.30. The zero-order chi connectivity index (χ0) is 18.1. The second-order valence-corrected chi connectivity index (χ2v) is 5.68. The van der Waals surface area contributed by atoms with E-state index >= 15 is 0 Å². The molecule has 0 aliphatic heterocycles. The molecule has 0 bridgehead atoms. The van der Waals surface area contributed by atoms with Crippen LogP contribution in [0.25, 0.3) is 0 Å². The number of methoxy groups -OCH3 is 2. The molecule has 0 saturated carbocycles. The Hall–Kier alpha value is -1.74. The molecule has 0 atom stereocenters. The first-order chi connectivity index (χ1) is 12.2. The second-order valence-electron chi connectivity index (χ2n) is 5.27. The van der Waals surface area contributed by atoms with Crippen molar-refractivity contribution in [2.24, 2.45) is 4.99 Å². The van der Waals surface area contributed by atoms with Crippen molar-refractivity contribution in [1.29, 1.82) is 0 Å². The van der Waals surface area contributed by atoms with Gasteiger partial charge in [0.1, 0.15) is 5.75 Å². The van der Waals surface area contributed by atoms with E-state index in [1.807, 2.05) is 30.3 Å². The predicted octanol–water partition coefficient (Wildman–Crippen LogP) is 3.28. The van der Waals surface area contributed by atoms with E-state index in [1.165, 1.54) is 0 Å². The van der Waals surface area contributed by atoms with Crippen LogP contribution in [0.4, 0.5) is 0 Å². The van der Waals surface area contributed by atoms with Crippen molar-refractivity contribution >= 4 is 41.5 Å². The van der Waals surface area contributed by atoms with Gasteiger partial charge in [0, 0.05) is 37.4 Å². The van der Waals surface area contributed by atoms with E-state index in [0.29, 0.717) is 24.0 Å². The zero-order valence-electron chi connectivity index (χ0n) is 15.1. The van der Waals surface area contributed by atoms with Crippen molar-refractivity contribution in [1.82, 2.24) is 15.6 Å². The molecule has 0 radical (unpaired) electrons. The zero-order valence-corrected chi connectivity index (χ0v) is 18.2. The summed E-state index contributed by atoms with van der Waals surface area (Å²) in [5.41, 5.74) is 2.10. The van der Waals surface area contributed by atoms with E-state index in [1.54, 1.807) is 27.5 Å². The highest BCUT2D eigenvalue weighted by atomic mass is 127. The van der Waals surface area contributed by atoms with E-state index in [9.17, 15) is 0 Å².